The van der Waals surface area contributed by atoms with Crippen molar-refractivity contribution in [2.24, 2.45) is 0 Å². The lowest BCUT2D eigenvalue weighted by atomic mass is 10.2. The predicted octanol–water partition coefficient (Wildman–Crippen LogP) is 4.85. The van der Waals surface area contributed by atoms with E-state index in [1.165, 1.54) is 0 Å². The first-order chi connectivity index (χ1) is 14.8. The number of aromatic nitrogens is 5. The van der Waals surface area contributed by atoms with Crippen LogP contribution in [-0.4, -0.2) is 24.1 Å². The zero-order chi connectivity index (χ0) is 20.5. The molecule has 7 nitrogen and oxygen atoms in total. The lowest BCUT2D eigenvalue weighted by Crippen LogP contribution is -2.23. The molecule has 1 aromatic carbocycles. The summed E-state index contributed by atoms with van der Waals surface area (Å²) in [6.07, 6.45) is 3.57. The van der Waals surface area contributed by atoms with Gasteiger partial charge in [-0.15, -0.1) is 21.5 Å². The minimum absolute atomic E-state index is 0.0157. The standard InChI is InChI=1S/C21H19N5O2S2/c1-2-3-10-25-19(27)15-7-4-5-8-16(15)26-20(25)23-24-21(26)30-13-14-12-29-18(22-14)17-9-6-11-28-17/h4-9,11-12H,2-3,10,13H2,1H3. The van der Waals surface area contributed by atoms with Gasteiger partial charge in [-0.3, -0.25) is 13.8 Å². The Bertz CT molecular complexity index is 1370. The van der Waals surface area contributed by atoms with Crippen molar-refractivity contribution in [3.05, 3.63) is 64.1 Å². The van der Waals surface area contributed by atoms with E-state index in [-0.39, 0.29) is 5.56 Å². The van der Waals surface area contributed by atoms with Crippen molar-refractivity contribution in [1.29, 1.82) is 0 Å². The number of unbranched alkanes of at least 4 members (excludes halogenated alkanes) is 1. The number of benzene rings is 1. The molecular formula is C21H19N5O2S2. The maximum atomic E-state index is 13.0. The van der Waals surface area contributed by atoms with Crippen molar-refractivity contribution in [2.45, 2.75) is 37.2 Å². The SMILES string of the molecule is CCCCn1c(=O)c2ccccc2n2c(SCc3csc(-c4ccco4)n3)nnc12. The number of thioether (sulfide) groups is 1. The van der Waals surface area contributed by atoms with E-state index in [0.717, 1.165) is 40.0 Å². The number of furan rings is 1. The van der Waals surface area contributed by atoms with Gasteiger partial charge in [0.25, 0.3) is 5.56 Å². The van der Waals surface area contributed by atoms with Crippen LogP contribution in [0.5, 0.6) is 0 Å². The molecule has 4 aromatic heterocycles. The zero-order valence-electron chi connectivity index (χ0n) is 16.3. The summed E-state index contributed by atoms with van der Waals surface area (Å²) in [6, 6.07) is 11.4. The number of nitrogens with zero attached hydrogens (tertiary/aromatic N) is 5. The highest BCUT2D eigenvalue weighted by atomic mass is 32.2. The highest BCUT2D eigenvalue weighted by molar-refractivity contribution is 7.98. The lowest BCUT2D eigenvalue weighted by molar-refractivity contribution is 0.581. The molecule has 0 N–H and O–H groups in total. The van der Waals surface area contributed by atoms with E-state index in [4.69, 9.17) is 4.42 Å². The summed E-state index contributed by atoms with van der Waals surface area (Å²) < 4.78 is 9.15. The van der Waals surface area contributed by atoms with E-state index in [9.17, 15) is 4.79 Å². The summed E-state index contributed by atoms with van der Waals surface area (Å²) in [5.74, 6) is 2.01. The van der Waals surface area contributed by atoms with Crippen molar-refractivity contribution in [3.63, 3.8) is 0 Å². The van der Waals surface area contributed by atoms with Crippen molar-refractivity contribution in [3.8, 4) is 10.8 Å². The van der Waals surface area contributed by atoms with Gasteiger partial charge in [0, 0.05) is 17.7 Å². The molecule has 152 valence electrons. The summed E-state index contributed by atoms with van der Waals surface area (Å²) in [5, 5.41) is 13.1. The first-order valence-corrected chi connectivity index (χ1v) is 11.6. The van der Waals surface area contributed by atoms with E-state index >= 15 is 0 Å². The fourth-order valence-corrected chi connectivity index (χ4v) is 5.09. The summed E-state index contributed by atoms with van der Waals surface area (Å²) in [7, 11) is 0. The van der Waals surface area contributed by atoms with Crippen molar-refractivity contribution in [2.75, 3.05) is 0 Å². The molecule has 5 aromatic rings. The van der Waals surface area contributed by atoms with Gasteiger partial charge in [-0.2, -0.15) is 0 Å². The maximum Gasteiger partial charge on any atom is 0.262 e. The third-order valence-corrected chi connectivity index (χ3v) is 6.71. The van der Waals surface area contributed by atoms with E-state index in [1.807, 2.05) is 46.2 Å². The van der Waals surface area contributed by atoms with E-state index < -0.39 is 0 Å². The molecule has 9 heteroatoms. The Labute approximate surface area is 180 Å². The third kappa shape index (κ3) is 3.33. The molecule has 0 aliphatic heterocycles. The number of thiazole rings is 1. The van der Waals surface area contributed by atoms with Gasteiger partial charge in [0.1, 0.15) is 0 Å². The number of rotatable bonds is 7. The fourth-order valence-electron chi connectivity index (χ4n) is 3.37. The Morgan fingerprint density at radius 1 is 1.17 bits per heavy atom. The molecule has 30 heavy (non-hydrogen) atoms. The molecule has 0 saturated carbocycles. The highest BCUT2D eigenvalue weighted by Crippen LogP contribution is 2.28. The molecule has 0 aliphatic rings. The van der Waals surface area contributed by atoms with Gasteiger partial charge in [0.2, 0.25) is 5.78 Å². The van der Waals surface area contributed by atoms with E-state index in [1.54, 1.807) is 33.9 Å². The monoisotopic (exact) mass is 437 g/mol. The number of aryl methyl sites for hydroxylation is 1. The van der Waals surface area contributed by atoms with Gasteiger partial charge < -0.3 is 4.42 Å². The van der Waals surface area contributed by atoms with Crippen LogP contribution < -0.4 is 5.56 Å². The second-order valence-electron chi connectivity index (χ2n) is 6.86. The molecule has 4 heterocycles. The third-order valence-electron chi connectivity index (χ3n) is 4.85. The predicted molar refractivity (Wildman–Crippen MR) is 119 cm³/mol. The first-order valence-electron chi connectivity index (χ1n) is 9.74. The largest absolute Gasteiger partial charge is 0.462 e. The Morgan fingerprint density at radius 3 is 2.90 bits per heavy atom. The van der Waals surface area contributed by atoms with Crippen LogP contribution in [0.1, 0.15) is 25.5 Å². The molecule has 0 radical (unpaired) electrons. The van der Waals surface area contributed by atoms with Crippen molar-refractivity contribution in [1.82, 2.24) is 24.1 Å². The van der Waals surface area contributed by atoms with Gasteiger partial charge in [0.15, 0.2) is 15.9 Å². The minimum atomic E-state index is -0.0157. The Balaban J connectivity index is 1.52. The van der Waals surface area contributed by atoms with Gasteiger partial charge in [-0.05, 0) is 30.7 Å². The summed E-state index contributed by atoms with van der Waals surface area (Å²) >= 11 is 3.12. The smallest absolute Gasteiger partial charge is 0.262 e. The van der Waals surface area contributed by atoms with Gasteiger partial charge in [0.05, 0.1) is 22.9 Å². The van der Waals surface area contributed by atoms with Crippen LogP contribution in [0.4, 0.5) is 0 Å². The lowest BCUT2D eigenvalue weighted by Gasteiger charge is -2.10. The van der Waals surface area contributed by atoms with Gasteiger partial charge in [-0.1, -0.05) is 37.2 Å². The number of fused-ring (bicyclic) bond motifs is 3. The topological polar surface area (TPSA) is 78.2 Å². The maximum absolute atomic E-state index is 13.0. The molecule has 0 aliphatic carbocycles. The molecule has 0 fully saturated rings. The van der Waals surface area contributed by atoms with Crippen LogP contribution >= 0.6 is 23.1 Å². The van der Waals surface area contributed by atoms with Crippen LogP contribution in [-0.2, 0) is 12.3 Å². The average molecular weight is 438 g/mol. The van der Waals surface area contributed by atoms with E-state index in [0.29, 0.717) is 23.5 Å². The molecule has 0 spiro atoms. The van der Waals surface area contributed by atoms with Gasteiger partial charge in [-0.25, -0.2) is 4.98 Å². The second kappa shape index (κ2) is 8.08. The molecule has 0 amide bonds. The quantitative estimate of drug-likeness (QED) is 0.339. The Morgan fingerprint density at radius 2 is 2.07 bits per heavy atom. The summed E-state index contributed by atoms with van der Waals surface area (Å²) in [4.78, 5) is 17.7. The van der Waals surface area contributed by atoms with Crippen molar-refractivity contribution < 1.29 is 4.42 Å². The van der Waals surface area contributed by atoms with Gasteiger partial charge >= 0.3 is 0 Å². The molecule has 5 rings (SSSR count). The minimum Gasteiger partial charge on any atom is -0.462 e. The van der Waals surface area contributed by atoms with Crippen LogP contribution in [0.25, 0.3) is 27.4 Å². The van der Waals surface area contributed by atoms with Crippen LogP contribution in [0.15, 0.2) is 62.4 Å². The molecule has 0 atom stereocenters. The number of hydrogen-bond donors (Lipinski definition) is 0. The molecule has 0 bridgehead atoms. The second-order valence-corrected chi connectivity index (χ2v) is 8.66. The average Bonchev–Trinajstić information content (AvgIpc) is 3.52. The summed E-state index contributed by atoms with van der Waals surface area (Å²) in [5.41, 5.74) is 1.77. The number of hydrogen-bond acceptors (Lipinski definition) is 7. The Hall–Kier alpha value is -2.91. The molecular weight excluding hydrogens is 418 g/mol. The first kappa shape index (κ1) is 19.1. The highest BCUT2D eigenvalue weighted by Gasteiger charge is 2.17. The molecule has 0 saturated heterocycles. The van der Waals surface area contributed by atoms with E-state index in [2.05, 4.69) is 22.1 Å². The summed E-state index contributed by atoms with van der Waals surface area (Å²) in [6.45, 7) is 2.74. The van der Waals surface area contributed by atoms with Crippen LogP contribution in [0.2, 0.25) is 0 Å². The zero-order valence-corrected chi connectivity index (χ0v) is 17.9. The molecule has 0 unspecified atom stereocenters. The van der Waals surface area contributed by atoms with Crippen LogP contribution in [0.3, 0.4) is 0 Å². The number of para-hydroxylation sites is 1. The van der Waals surface area contributed by atoms with Crippen molar-refractivity contribution >= 4 is 39.8 Å². The normalized spacial score (nSPS) is 11.6. The van der Waals surface area contributed by atoms with Crippen LogP contribution in [0, 0.1) is 0 Å². The fraction of sp³-hybridized carbons (Fsp3) is 0.238. The Kier molecular flexibility index (Phi) is 5.14.